The first-order valence-corrected chi connectivity index (χ1v) is 9.96. The Morgan fingerprint density at radius 2 is 2.03 bits per heavy atom. The molecule has 1 aliphatic heterocycles. The molecule has 1 saturated heterocycles. The lowest BCUT2D eigenvalue weighted by Crippen LogP contribution is -2.40. The molecule has 1 amide bonds. The van der Waals surface area contributed by atoms with Gasteiger partial charge in [-0.25, -0.2) is 9.50 Å². The van der Waals surface area contributed by atoms with Gasteiger partial charge in [0.2, 0.25) is 5.91 Å². The van der Waals surface area contributed by atoms with Gasteiger partial charge in [0.1, 0.15) is 5.75 Å². The van der Waals surface area contributed by atoms with Crippen LogP contribution in [-0.2, 0) is 11.2 Å². The topological polar surface area (TPSA) is 79.7 Å². The number of ether oxygens (including phenoxy) is 1. The first-order chi connectivity index (χ1) is 14.0. The molecule has 29 heavy (non-hydrogen) atoms. The minimum atomic E-state index is -0.0676. The van der Waals surface area contributed by atoms with Crippen molar-refractivity contribution in [3.8, 4) is 5.75 Å². The van der Waals surface area contributed by atoms with Crippen molar-refractivity contribution in [2.45, 2.75) is 39.0 Å². The van der Waals surface area contributed by atoms with Crippen LogP contribution in [0.2, 0.25) is 0 Å². The fourth-order valence-corrected chi connectivity index (χ4v) is 3.93. The van der Waals surface area contributed by atoms with Crippen molar-refractivity contribution >= 4 is 11.6 Å². The van der Waals surface area contributed by atoms with E-state index in [1.807, 2.05) is 42.2 Å². The van der Waals surface area contributed by atoms with Crippen molar-refractivity contribution < 1.29 is 9.53 Å². The minimum Gasteiger partial charge on any atom is -0.497 e. The van der Waals surface area contributed by atoms with Crippen LogP contribution in [0.15, 0.2) is 35.1 Å². The molecule has 4 rings (SSSR count). The number of aromatic amines is 1. The van der Waals surface area contributed by atoms with Crippen LogP contribution in [0.5, 0.6) is 5.75 Å². The second kappa shape index (κ2) is 7.73. The summed E-state index contributed by atoms with van der Waals surface area (Å²) in [5, 5.41) is 3.21. The van der Waals surface area contributed by atoms with Crippen molar-refractivity contribution in [2.75, 3.05) is 20.2 Å². The molecule has 152 valence electrons. The molecular formula is C22H26N4O3. The van der Waals surface area contributed by atoms with E-state index in [0.29, 0.717) is 24.2 Å². The standard InChI is InChI=1S/C22H26N4O3/c1-14-15(2)23-20-12-19(24-26(20)22(14)28)17-5-4-10-25(13-17)21(27)11-16-6-8-18(29-3)9-7-16/h6-9,12,17,24H,4-5,10-11,13H2,1-3H3/t17-/m1/s1. The van der Waals surface area contributed by atoms with E-state index in [0.717, 1.165) is 42.1 Å². The van der Waals surface area contributed by atoms with E-state index in [1.54, 1.807) is 14.0 Å². The molecule has 0 aliphatic carbocycles. The van der Waals surface area contributed by atoms with Gasteiger partial charge < -0.3 is 9.64 Å². The quantitative estimate of drug-likeness (QED) is 0.738. The molecule has 1 atom stereocenters. The lowest BCUT2D eigenvalue weighted by molar-refractivity contribution is -0.131. The zero-order valence-electron chi connectivity index (χ0n) is 17.1. The Kier molecular flexibility index (Phi) is 5.13. The fourth-order valence-electron chi connectivity index (χ4n) is 3.93. The lowest BCUT2D eigenvalue weighted by atomic mass is 9.94. The number of rotatable bonds is 4. The van der Waals surface area contributed by atoms with Gasteiger partial charge in [0, 0.05) is 42.0 Å². The Hall–Kier alpha value is -3.09. The number of aryl methyl sites for hydroxylation is 1. The van der Waals surface area contributed by atoms with Crippen LogP contribution in [0.3, 0.4) is 0 Å². The fraction of sp³-hybridized carbons (Fsp3) is 0.409. The monoisotopic (exact) mass is 394 g/mol. The third-order valence-corrected chi connectivity index (χ3v) is 5.83. The first-order valence-electron chi connectivity index (χ1n) is 9.96. The van der Waals surface area contributed by atoms with E-state index < -0.39 is 0 Å². The number of likely N-dealkylation sites (tertiary alicyclic amines) is 1. The van der Waals surface area contributed by atoms with Crippen LogP contribution in [-0.4, -0.2) is 45.6 Å². The Morgan fingerprint density at radius 3 is 2.76 bits per heavy atom. The number of piperidine rings is 1. The summed E-state index contributed by atoms with van der Waals surface area (Å²) in [6.07, 6.45) is 2.30. The molecule has 7 heteroatoms. The highest BCUT2D eigenvalue weighted by molar-refractivity contribution is 5.79. The van der Waals surface area contributed by atoms with Crippen molar-refractivity contribution in [3.63, 3.8) is 0 Å². The van der Waals surface area contributed by atoms with E-state index in [2.05, 4.69) is 10.1 Å². The molecular weight excluding hydrogens is 368 g/mol. The summed E-state index contributed by atoms with van der Waals surface area (Å²) in [5.41, 5.74) is 3.90. The molecule has 1 fully saturated rings. The number of aromatic nitrogens is 3. The van der Waals surface area contributed by atoms with E-state index in [-0.39, 0.29) is 17.4 Å². The number of amides is 1. The average Bonchev–Trinajstić information content (AvgIpc) is 3.17. The van der Waals surface area contributed by atoms with Crippen LogP contribution in [0.4, 0.5) is 0 Å². The Labute approximate surface area is 169 Å². The zero-order valence-corrected chi connectivity index (χ0v) is 17.1. The number of hydrogen-bond donors (Lipinski definition) is 1. The molecule has 1 aliphatic rings. The first kappa shape index (κ1) is 19.2. The van der Waals surface area contributed by atoms with E-state index in [9.17, 15) is 9.59 Å². The number of methoxy groups -OCH3 is 1. The van der Waals surface area contributed by atoms with Crippen LogP contribution >= 0.6 is 0 Å². The van der Waals surface area contributed by atoms with Gasteiger partial charge >= 0.3 is 0 Å². The summed E-state index contributed by atoms with van der Waals surface area (Å²) in [5.74, 6) is 1.08. The van der Waals surface area contributed by atoms with Gasteiger partial charge in [-0.1, -0.05) is 12.1 Å². The Morgan fingerprint density at radius 1 is 1.28 bits per heavy atom. The normalized spacial score (nSPS) is 16.9. The third kappa shape index (κ3) is 3.77. The molecule has 0 saturated carbocycles. The number of fused-ring (bicyclic) bond motifs is 1. The molecule has 1 N–H and O–H groups in total. The molecule has 0 radical (unpaired) electrons. The summed E-state index contributed by atoms with van der Waals surface area (Å²) in [6.45, 7) is 5.05. The predicted molar refractivity (Wildman–Crippen MR) is 111 cm³/mol. The molecule has 7 nitrogen and oxygen atoms in total. The zero-order chi connectivity index (χ0) is 20.5. The van der Waals surface area contributed by atoms with Crippen LogP contribution < -0.4 is 10.3 Å². The second-order valence-corrected chi connectivity index (χ2v) is 7.74. The van der Waals surface area contributed by atoms with Gasteiger partial charge in [-0.3, -0.25) is 14.7 Å². The van der Waals surface area contributed by atoms with Crippen molar-refractivity contribution in [1.82, 2.24) is 19.5 Å². The minimum absolute atomic E-state index is 0.0676. The highest BCUT2D eigenvalue weighted by Crippen LogP contribution is 2.27. The molecule has 3 heterocycles. The smallest absolute Gasteiger partial charge is 0.275 e. The highest BCUT2D eigenvalue weighted by atomic mass is 16.5. The summed E-state index contributed by atoms with van der Waals surface area (Å²) >= 11 is 0. The number of carbonyl (C=O) groups is 1. The number of H-pyrrole nitrogens is 1. The Balaban J connectivity index is 1.50. The lowest BCUT2D eigenvalue weighted by Gasteiger charge is -2.32. The SMILES string of the molecule is COc1ccc(CC(=O)N2CCC[C@@H](c3cc4nc(C)c(C)c(=O)n4[nH]3)C2)cc1. The van der Waals surface area contributed by atoms with Gasteiger partial charge in [-0.15, -0.1) is 0 Å². The maximum absolute atomic E-state index is 12.8. The molecule has 0 spiro atoms. The molecule has 0 bridgehead atoms. The van der Waals surface area contributed by atoms with Gasteiger partial charge in [0.25, 0.3) is 5.56 Å². The Bertz CT molecular complexity index is 1100. The summed E-state index contributed by atoms with van der Waals surface area (Å²) < 4.78 is 6.68. The summed E-state index contributed by atoms with van der Waals surface area (Å²) in [6, 6.07) is 9.55. The van der Waals surface area contributed by atoms with Gasteiger partial charge in [-0.05, 0) is 44.4 Å². The number of carbonyl (C=O) groups excluding carboxylic acids is 1. The van der Waals surface area contributed by atoms with E-state index in [1.165, 1.54) is 4.52 Å². The van der Waals surface area contributed by atoms with E-state index >= 15 is 0 Å². The number of nitrogens with zero attached hydrogens (tertiary/aromatic N) is 3. The molecule has 1 aromatic carbocycles. The largest absolute Gasteiger partial charge is 0.497 e. The predicted octanol–water partition coefficient (Wildman–Crippen LogP) is 2.60. The second-order valence-electron chi connectivity index (χ2n) is 7.74. The number of benzene rings is 1. The molecule has 2 aromatic heterocycles. The van der Waals surface area contributed by atoms with Crippen molar-refractivity contribution in [2.24, 2.45) is 0 Å². The van der Waals surface area contributed by atoms with Crippen LogP contribution in [0.1, 0.15) is 41.3 Å². The van der Waals surface area contributed by atoms with Crippen molar-refractivity contribution in [3.05, 3.63) is 63.2 Å². The average molecular weight is 394 g/mol. The number of hydrogen-bond acceptors (Lipinski definition) is 4. The van der Waals surface area contributed by atoms with Crippen LogP contribution in [0.25, 0.3) is 5.65 Å². The summed E-state index contributed by atoms with van der Waals surface area (Å²) in [7, 11) is 1.63. The van der Waals surface area contributed by atoms with E-state index in [4.69, 9.17) is 4.74 Å². The molecule has 3 aromatic rings. The summed E-state index contributed by atoms with van der Waals surface area (Å²) in [4.78, 5) is 31.8. The highest BCUT2D eigenvalue weighted by Gasteiger charge is 2.26. The van der Waals surface area contributed by atoms with Crippen LogP contribution in [0, 0.1) is 13.8 Å². The third-order valence-electron chi connectivity index (χ3n) is 5.83. The van der Waals surface area contributed by atoms with Gasteiger partial charge in [-0.2, -0.15) is 0 Å². The molecule has 0 unspecified atom stereocenters. The maximum atomic E-state index is 12.8. The maximum Gasteiger partial charge on any atom is 0.275 e. The number of nitrogens with one attached hydrogen (secondary N) is 1. The van der Waals surface area contributed by atoms with Crippen molar-refractivity contribution in [1.29, 1.82) is 0 Å². The van der Waals surface area contributed by atoms with Gasteiger partial charge in [0.05, 0.1) is 13.5 Å². The van der Waals surface area contributed by atoms with Gasteiger partial charge in [0.15, 0.2) is 5.65 Å².